The van der Waals surface area contributed by atoms with E-state index in [1.807, 2.05) is 18.2 Å². The van der Waals surface area contributed by atoms with Crippen LogP contribution in [0.1, 0.15) is 43.2 Å². The molecule has 2 heterocycles. The average molecular weight is 489 g/mol. The summed E-state index contributed by atoms with van der Waals surface area (Å²) in [6.07, 6.45) is 6.31. The van der Waals surface area contributed by atoms with Crippen molar-refractivity contribution in [2.24, 2.45) is 5.92 Å². The second kappa shape index (κ2) is 11.0. The molecule has 1 aromatic heterocycles. The van der Waals surface area contributed by atoms with Gasteiger partial charge in [-0.1, -0.05) is 11.6 Å². The third kappa shape index (κ3) is 5.85. The standard InChI is InChI=1S/C27H31ClF2N2O2/c1-34-22-4-5-26-24(16-22)23(25(28)17-32-26)3-2-9-27(33,19-7-11-31-12-8-19)10-6-18-13-20(29)15-21(30)14-18/h4-5,13-17,19,31,33H,2-3,6-12H2,1H3. The topological polar surface area (TPSA) is 54.4 Å². The molecule has 0 bridgehead atoms. The fourth-order valence-corrected chi connectivity index (χ4v) is 5.41. The number of benzene rings is 2. The minimum atomic E-state index is -0.919. The summed E-state index contributed by atoms with van der Waals surface area (Å²) in [6.45, 7) is 1.73. The van der Waals surface area contributed by atoms with Gasteiger partial charge < -0.3 is 15.2 Å². The lowest BCUT2D eigenvalue weighted by atomic mass is 9.74. The summed E-state index contributed by atoms with van der Waals surface area (Å²) in [4.78, 5) is 4.42. The molecule has 1 unspecified atom stereocenters. The van der Waals surface area contributed by atoms with Gasteiger partial charge in [0.25, 0.3) is 0 Å². The summed E-state index contributed by atoms with van der Waals surface area (Å²) in [6, 6.07) is 9.31. The fourth-order valence-electron chi connectivity index (χ4n) is 5.16. The Balaban J connectivity index is 1.51. The van der Waals surface area contributed by atoms with Crippen molar-refractivity contribution in [2.45, 2.75) is 50.5 Å². The van der Waals surface area contributed by atoms with Crippen molar-refractivity contribution in [2.75, 3.05) is 20.2 Å². The van der Waals surface area contributed by atoms with E-state index in [1.54, 1.807) is 13.3 Å². The van der Waals surface area contributed by atoms with Crippen molar-refractivity contribution in [1.82, 2.24) is 10.3 Å². The molecule has 1 saturated heterocycles. The Morgan fingerprint density at radius 3 is 2.53 bits per heavy atom. The maximum atomic E-state index is 13.7. The number of rotatable bonds is 9. The highest BCUT2D eigenvalue weighted by Crippen LogP contribution is 2.36. The lowest BCUT2D eigenvalue weighted by Crippen LogP contribution is -2.44. The van der Waals surface area contributed by atoms with Crippen LogP contribution >= 0.6 is 11.6 Å². The molecule has 182 valence electrons. The number of nitrogens with zero attached hydrogens (tertiary/aromatic N) is 1. The second-order valence-electron chi connectivity index (χ2n) is 9.23. The second-order valence-corrected chi connectivity index (χ2v) is 9.63. The predicted octanol–water partition coefficient (Wildman–Crippen LogP) is 5.86. The molecule has 2 aromatic carbocycles. The van der Waals surface area contributed by atoms with E-state index < -0.39 is 17.2 Å². The van der Waals surface area contributed by atoms with E-state index in [4.69, 9.17) is 16.3 Å². The van der Waals surface area contributed by atoms with Crippen molar-refractivity contribution in [3.05, 3.63) is 70.4 Å². The van der Waals surface area contributed by atoms with Crippen LogP contribution in [-0.2, 0) is 12.8 Å². The highest BCUT2D eigenvalue weighted by atomic mass is 35.5. The molecule has 1 aliphatic rings. The maximum Gasteiger partial charge on any atom is 0.126 e. The van der Waals surface area contributed by atoms with Gasteiger partial charge in [0.05, 0.1) is 23.3 Å². The Morgan fingerprint density at radius 2 is 1.82 bits per heavy atom. The van der Waals surface area contributed by atoms with E-state index in [1.165, 1.54) is 12.1 Å². The Hall–Kier alpha value is -2.28. The first-order valence-electron chi connectivity index (χ1n) is 11.9. The molecule has 1 fully saturated rings. The summed E-state index contributed by atoms with van der Waals surface area (Å²) >= 11 is 6.52. The number of ether oxygens (including phenoxy) is 1. The number of aliphatic hydroxyl groups is 1. The first-order chi connectivity index (χ1) is 16.4. The zero-order chi connectivity index (χ0) is 24.1. The average Bonchev–Trinajstić information content (AvgIpc) is 2.84. The predicted molar refractivity (Wildman–Crippen MR) is 131 cm³/mol. The molecule has 1 atom stereocenters. The van der Waals surface area contributed by atoms with Crippen LogP contribution in [0.25, 0.3) is 10.9 Å². The first-order valence-corrected chi connectivity index (χ1v) is 12.2. The van der Waals surface area contributed by atoms with Crippen LogP contribution < -0.4 is 10.1 Å². The molecule has 0 radical (unpaired) electrons. The van der Waals surface area contributed by atoms with E-state index in [2.05, 4.69) is 10.3 Å². The molecule has 0 amide bonds. The summed E-state index contributed by atoms with van der Waals surface area (Å²) < 4.78 is 32.7. The molecule has 2 N–H and O–H groups in total. The molecule has 4 nitrogen and oxygen atoms in total. The van der Waals surface area contributed by atoms with Crippen LogP contribution in [0.2, 0.25) is 5.02 Å². The number of aromatic nitrogens is 1. The zero-order valence-electron chi connectivity index (χ0n) is 19.4. The zero-order valence-corrected chi connectivity index (χ0v) is 20.2. The molecule has 34 heavy (non-hydrogen) atoms. The normalized spacial score (nSPS) is 16.5. The minimum absolute atomic E-state index is 0.136. The van der Waals surface area contributed by atoms with Crippen molar-refractivity contribution in [3.63, 3.8) is 0 Å². The van der Waals surface area contributed by atoms with Crippen LogP contribution in [0.15, 0.2) is 42.6 Å². The van der Waals surface area contributed by atoms with Gasteiger partial charge >= 0.3 is 0 Å². The number of nitrogens with one attached hydrogen (secondary N) is 1. The van der Waals surface area contributed by atoms with Crippen LogP contribution in [0.4, 0.5) is 8.78 Å². The minimum Gasteiger partial charge on any atom is -0.497 e. The molecule has 7 heteroatoms. The van der Waals surface area contributed by atoms with Gasteiger partial charge in [0, 0.05) is 17.6 Å². The van der Waals surface area contributed by atoms with E-state index in [0.29, 0.717) is 36.3 Å². The summed E-state index contributed by atoms with van der Waals surface area (Å²) in [7, 11) is 1.63. The van der Waals surface area contributed by atoms with Gasteiger partial charge in [-0.15, -0.1) is 0 Å². The number of pyridine rings is 1. The number of fused-ring (bicyclic) bond motifs is 1. The number of halogens is 3. The first kappa shape index (κ1) is 24.8. The number of methoxy groups -OCH3 is 1. The third-order valence-electron chi connectivity index (χ3n) is 7.04. The van der Waals surface area contributed by atoms with E-state index in [9.17, 15) is 13.9 Å². The van der Waals surface area contributed by atoms with Crippen molar-refractivity contribution in [3.8, 4) is 5.75 Å². The molecular formula is C27H31ClF2N2O2. The smallest absolute Gasteiger partial charge is 0.126 e. The summed E-state index contributed by atoms with van der Waals surface area (Å²) in [5.74, 6) is -0.298. The highest BCUT2D eigenvalue weighted by Gasteiger charge is 2.36. The number of hydrogen-bond acceptors (Lipinski definition) is 4. The van der Waals surface area contributed by atoms with Crippen LogP contribution in [-0.4, -0.2) is 35.9 Å². The maximum absolute atomic E-state index is 13.7. The number of hydrogen-bond donors (Lipinski definition) is 2. The van der Waals surface area contributed by atoms with Crippen molar-refractivity contribution >= 4 is 22.5 Å². The molecule has 0 spiro atoms. The van der Waals surface area contributed by atoms with Crippen LogP contribution in [0, 0.1) is 17.6 Å². The van der Waals surface area contributed by atoms with Gasteiger partial charge in [0.2, 0.25) is 0 Å². The lowest BCUT2D eigenvalue weighted by Gasteiger charge is -2.39. The Morgan fingerprint density at radius 1 is 1.09 bits per heavy atom. The van der Waals surface area contributed by atoms with E-state index >= 15 is 0 Å². The molecule has 4 rings (SSSR count). The summed E-state index contributed by atoms with van der Waals surface area (Å²) in [5.41, 5.74) is 1.49. The Kier molecular flexibility index (Phi) is 8.02. The monoisotopic (exact) mass is 488 g/mol. The lowest BCUT2D eigenvalue weighted by molar-refractivity contribution is -0.0456. The van der Waals surface area contributed by atoms with Gasteiger partial charge in [-0.25, -0.2) is 8.78 Å². The van der Waals surface area contributed by atoms with Crippen LogP contribution in [0.5, 0.6) is 5.75 Å². The van der Waals surface area contributed by atoms with Crippen molar-refractivity contribution in [1.29, 1.82) is 0 Å². The molecular weight excluding hydrogens is 458 g/mol. The summed E-state index contributed by atoms with van der Waals surface area (Å²) in [5, 5.41) is 16.7. The molecule has 3 aromatic rings. The number of piperidine rings is 1. The fraction of sp³-hybridized carbons (Fsp3) is 0.444. The SMILES string of the molecule is COc1ccc2ncc(Cl)c(CCCC(O)(CCc3cc(F)cc(F)c3)C3CCNCC3)c2c1. The van der Waals surface area contributed by atoms with Crippen molar-refractivity contribution < 1.29 is 18.6 Å². The Labute approximate surface area is 204 Å². The molecule has 0 aliphatic carbocycles. The quantitative estimate of drug-likeness (QED) is 0.396. The van der Waals surface area contributed by atoms with Gasteiger partial charge in [-0.3, -0.25) is 4.98 Å². The van der Waals surface area contributed by atoms with Crippen LogP contribution in [0.3, 0.4) is 0 Å². The van der Waals surface area contributed by atoms with E-state index in [0.717, 1.165) is 60.6 Å². The van der Waals surface area contributed by atoms with Gasteiger partial charge in [0.1, 0.15) is 17.4 Å². The molecule has 1 aliphatic heterocycles. The third-order valence-corrected chi connectivity index (χ3v) is 7.36. The molecule has 0 saturated carbocycles. The van der Waals surface area contributed by atoms with Gasteiger partial charge in [-0.2, -0.15) is 0 Å². The highest BCUT2D eigenvalue weighted by molar-refractivity contribution is 6.32. The number of aryl methyl sites for hydroxylation is 2. The van der Waals surface area contributed by atoms with Gasteiger partial charge in [0.15, 0.2) is 0 Å². The van der Waals surface area contributed by atoms with Gasteiger partial charge in [-0.05, 0) is 105 Å². The van der Waals surface area contributed by atoms with E-state index in [-0.39, 0.29) is 5.92 Å². The largest absolute Gasteiger partial charge is 0.497 e. The Bertz CT molecular complexity index is 1120.